The molecular formula is C12H22N2O2. The fourth-order valence-electron chi connectivity index (χ4n) is 2.52. The monoisotopic (exact) mass is 226 g/mol. The van der Waals surface area contributed by atoms with Crippen molar-refractivity contribution >= 4 is 6.09 Å². The van der Waals surface area contributed by atoms with Crippen LogP contribution >= 0.6 is 0 Å². The van der Waals surface area contributed by atoms with Gasteiger partial charge in [-0.3, -0.25) is 0 Å². The van der Waals surface area contributed by atoms with Crippen LogP contribution < -0.4 is 10.6 Å². The van der Waals surface area contributed by atoms with Gasteiger partial charge >= 0.3 is 6.09 Å². The average Bonchev–Trinajstić information content (AvgIpc) is 2.92. The van der Waals surface area contributed by atoms with Gasteiger partial charge in [0, 0.05) is 6.04 Å². The van der Waals surface area contributed by atoms with Crippen LogP contribution in [-0.2, 0) is 4.74 Å². The van der Waals surface area contributed by atoms with Crippen LogP contribution in [0.4, 0.5) is 4.79 Å². The van der Waals surface area contributed by atoms with Gasteiger partial charge in [-0.05, 0) is 44.2 Å². The first-order chi connectivity index (χ1) is 7.77. The summed E-state index contributed by atoms with van der Waals surface area (Å²) in [4.78, 5) is 11.4. The van der Waals surface area contributed by atoms with Crippen LogP contribution in [0.15, 0.2) is 0 Å². The topological polar surface area (TPSA) is 50.4 Å². The zero-order chi connectivity index (χ0) is 11.4. The second-order valence-corrected chi connectivity index (χ2v) is 5.00. The number of ether oxygens (including phenoxy) is 1. The molecule has 2 aliphatic rings. The van der Waals surface area contributed by atoms with E-state index < -0.39 is 0 Å². The van der Waals surface area contributed by atoms with Crippen LogP contribution in [0.5, 0.6) is 0 Å². The maximum atomic E-state index is 11.4. The molecule has 0 aromatic carbocycles. The number of carbonyl (C=O) groups is 1. The Morgan fingerprint density at radius 2 is 2.25 bits per heavy atom. The Balaban J connectivity index is 1.65. The maximum absolute atomic E-state index is 11.4. The Labute approximate surface area is 97.1 Å². The number of piperidine rings is 1. The zero-order valence-electron chi connectivity index (χ0n) is 10.1. The summed E-state index contributed by atoms with van der Waals surface area (Å²) in [6, 6.07) is 0.365. The first-order valence-corrected chi connectivity index (χ1v) is 6.41. The minimum absolute atomic E-state index is 0.228. The highest BCUT2D eigenvalue weighted by Gasteiger charge is 2.54. The molecule has 1 heterocycles. The highest BCUT2D eigenvalue weighted by atomic mass is 16.5. The van der Waals surface area contributed by atoms with E-state index in [-0.39, 0.29) is 6.09 Å². The Kier molecular flexibility index (Phi) is 3.69. The molecule has 1 saturated carbocycles. The molecule has 2 fully saturated rings. The highest BCUT2D eigenvalue weighted by molar-refractivity contribution is 5.68. The van der Waals surface area contributed by atoms with E-state index >= 15 is 0 Å². The quantitative estimate of drug-likeness (QED) is 0.717. The third-order valence-electron chi connectivity index (χ3n) is 3.81. The van der Waals surface area contributed by atoms with Crippen molar-refractivity contribution in [1.82, 2.24) is 10.6 Å². The predicted octanol–water partition coefficient (Wildman–Crippen LogP) is 1.65. The van der Waals surface area contributed by atoms with Gasteiger partial charge in [0.2, 0.25) is 0 Å². The molecule has 0 radical (unpaired) electrons. The Hall–Kier alpha value is -0.770. The van der Waals surface area contributed by atoms with Crippen LogP contribution in [0.25, 0.3) is 0 Å². The second-order valence-electron chi connectivity index (χ2n) is 5.00. The number of nitrogens with one attached hydrogen (secondary N) is 2. The number of rotatable bonds is 4. The third-order valence-corrected chi connectivity index (χ3v) is 3.81. The van der Waals surface area contributed by atoms with Crippen LogP contribution in [0, 0.1) is 5.41 Å². The van der Waals surface area contributed by atoms with Gasteiger partial charge < -0.3 is 15.4 Å². The first kappa shape index (κ1) is 11.7. The molecule has 0 aromatic rings. The van der Waals surface area contributed by atoms with Gasteiger partial charge in [0.15, 0.2) is 0 Å². The predicted molar refractivity (Wildman–Crippen MR) is 62.3 cm³/mol. The van der Waals surface area contributed by atoms with Crippen LogP contribution in [0.1, 0.15) is 39.0 Å². The smallest absolute Gasteiger partial charge is 0.407 e. The molecule has 0 bridgehead atoms. The second kappa shape index (κ2) is 5.04. The van der Waals surface area contributed by atoms with Crippen LogP contribution in [0.2, 0.25) is 0 Å². The molecule has 2 rings (SSSR count). The van der Waals surface area contributed by atoms with Gasteiger partial charge in [0.05, 0.1) is 6.61 Å². The molecule has 2 N–H and O–H groups in total. The summed E-state index contributed by atoms with van der Waals surface area (Å²) in [5, 5.41) is 6.34. The van der Waals surface area contributed by atoms with Gasteiger partial charge in [-0.25, -0.2) is 4.79 Å². The molecule has 1 spiro atoms. The lowest BCUT2D eigenvalue weighted by atomic mass is 9.94. The van der Waals surface area contributed by atoms with Gasteiger partial charge in [-0.2, -0.15) is 0 Å². The molecule has 1 aliphatic carbocycles. The van der Waals surface area contributed by atoms with Crippen molar-refractivity contribution in [2.45, 2.75) is 45.1 Å². The Morgan fingerprint density at radius 1 is 1.50 bits per heavy atom. The molecule has 1 unspecified atom stereocenters. The number of unbranched alkanes of at least 4 members (excludes halogenated alkanes) is 1. The number of amides is 1. The van der Waals surface area contributed by atoms with Crippen molar-refractivity contribution in [3.05, 3.63) is 0 Å². The van der Waals surface area contributed by atoms with E-state index in [2.05, 4.69) is 17.6 Å². The third kappa shape index (κ3) is 2.67. The lowest BCUT2D eigenvalue weighted by molar-refractivity contribution is 0.141. The minimum atomic E-state index is -0.228. The van der Waals surface area contributed by atoms with E-state index in [9.17, 15) is 4.79 Å². The van der Waals surface area contributed by atoms with E-state index in [1.165, 1.54) is 12.8 Å². The lowest BCUT2D eigenvalue weighted by Crippen LogP contribution is -2.36. The van der Waals surface area contributed by atoms with Crippen molar-refractivity contribution in [2.24, 2.45) is 5.41 Å². The fourth-order valence-corrected chi connectivity index (χ4v) is 2.52. The SMILES string of the molecule is CCCCOC(=O)NC1CC12CCNCC2. The fraction of sp³-hybridized carbons (Fsp3) is 0.917. The van der Waals surface area contributed by atoms with E-state index in [1.807, 2.05) is 0 Å². The summed E-state index contributed by atoms with van der Waals surface area (Å²) in [7, 11) is 0. The van der Waals surface area contributed by atoms with E-state index in [0.29, 0.717) is 18.1 Å². The minimum Gasteiger partial charge on any atom is -0.450 e. The van der Waals surface area contributed by atoms with Crippen molar-refractivity contribution < 1.29 is 9.53 Å². The van der Waals surface area contributed by atoms with Crippen LogP contribution in [0.3, 0.4) is 0 Å². The molecule has 92 valence electrons. The molecule has 4 nitrogen and oxygen atoms in total. The lowest BCUT2D eigenvalue weighted by Gasteiger charge is -2.23. The summed E-state index contributed by atoms with van der Waals surface area (Å²) in [5.74, 6) is 0. The van der Waals surface area contributed by atoms with Crippen molar-refractivity contribution in [3.8, 4) is 0 Å². The number of hydrogen-bond donors (Lipinski definition) is 2. The normalized spacial score (nSPS) is 26.4. The maximum Gasteiger partial charge on any atom is 0.407 e. The molecule has 1 atom stereocenters. The first-order valence-electron chi connectivity index (χ1n) is 6.41. The van der Waals surface area contributed by atoms with E-state index in [0.717, 1.165) is 32.4 Å². The van der Waals surface area contributed by atoms with E-state index in [1.54, 1.807) is 0 Å². The summed E-state index contributed by atoms with van der Waals surface area (Å²) >= 11 is 0. The largest absolute Gasteiger partial charge is 0.450 e. The standard InChI is InChI=1S/C12H22N2O2/c1-2-3-8-16-11(15)14-10-9-12(10)4-6-13-7-5-12/h10,13H,2-9H2,1H3,(H,14,15). The Bertz CT molecular complexity index is 249. The zero-order valence-corrected chi connectivity index (χ0v) is 10.1. The number of alkyl carbamates (subject to hydrolysis) is 1. The van der Waals surface area contributed by atoms with Crippen molar-refractivity contribution in [1.29, 1.82) is 0 Å². The van der Waals surface area contributed by atoms with Gasteiger partial charge in [-0.15, -0.1) is 0 Å². The average molecular weight is 226 g/mol. The Morgan fingerprint density at radius 3 is 2.94 bits per heavy atom. The van der Waals surface area contributed by atoms with Gasteiger partial charge in [0.25, 0.3) is 0 Å². The molecule has 1 amide bonds. The van der Waals surface area contributed by atoms with Crippen molar-refractivity contribution in [2.75, 3.05) is 19.7 Å². The molecular weight excluding hydrogens is 204 g/mol. The summed E-state index contributed by atoms with van der Waals surface area (Å²) in [6.07, 6.45) is 5.30. The number of carbonyl (C=O) groups excluding carboxylic acids is 1. The summed E-state index contributed by atoms with van der Waals surface area (Å²) < 4.78 is 5.10. The van der Waals surface area contributed by atoms with Crippen LogP contribution in [-0.4, -0.2) is 31.8 Å². The molecule has 4 heteroatoms. The molecule has 1 aliphatic heterocycles. The van der Waals surface area contributed by atoms with Gasteiger partial charge in [0.1, 0.15) is 0 Å². The molecule has 0 aromatic heterocycles. The summed E-state index contributed by atoms with van der Waals surface area (Å²) in [6.45, 7) is 4.81. The summed E-state index contributed by atoms with van der Waals surface area (Å²) in [5.41, 5.74) is 0.398. The molecule has 1 saturated heterocycles. The molecule has 16 heavy (non-hydrogen) atoms. The van der Waals surface area contributed by atoms with E-state index in [4.69, 9.17) is 4.74 Å². The number of hydrogen-bond acceptors (Lipinski definition) is 3. The highest BCUT2D eigenvalue weighted by Crippen LogP contribution is 2.52. The van der Waals surface area contributed by atoms with Gasteiger partial charge in [-0.1, -0.05) is 13.3 Å². The van der Waals surface area contributed by atoms with Crippen molar-refractivity contribution in [3.63, 3.8) is 0 Å².